The Morgan fingerprint density at radius 3 is 2.11 bits per heavy atom. The second-order valence-corrected chi connectivity index (χ2v) is 9.86. The first kappa shape index (κ1) is 24.7. The standard InChI is InChI=1S/C30H30N2O3S/c31-18-21-9-15-25(16-10-21)30-34-26(20-36-27-8-4-5-17-32-27)28(23-6-2-1-3-7-23)29(35-30)24-13-11-22(19-33)12-14-24/h1-17,26,28-30,33H,18-20,31H2/t26-,28-,29+,30?/m1/s1. The first-order valence-corrected chi connectivity index (χ1v) is 13.1. The van der Waals surface area contributed by atoms with Gasteiger partial charge in [0.2, 0.25) is 0 Å². The molecule has 0 radical (unpaired) electrons. The molecule has 1 saturated heterocycles. The van der Waals surface area contributed by atoms with Crippen LogP contribution >= 0.6 is 11.8 Å². The monoisotopic (exact) mass is 498 g/mol. The van der Waals surface area contributed by atoms with Crippen LogP contribution in [-0.2, 0) is 22.6 Å². The zero-order valence-corrected chi connectivity index (χ0v) is 20.8. The van der Waals surface area contributed by atoms with Gasteiger partial charge in [-0.05, 0) is 34.4 Å². The Morgan fingerprint density at radius 2 is 1.44 bits per heavy atom. The summed E-state index contributed by atoms with van der Waals surface area (Å²) in [5.41, 5.74) is 10.9. The lowest BCUT2D eigenvalue weighted by Crippen LogP contribution is -2.38. The summed E-state index contributed by atoms with van der Waals surface area (Å²) in [7, 11) is 0. The Balaban J connectivity index is 1.52. The van der Waals surface area contributed by atoms with Crippen molar-refractivity contribution in [2.75, 3.05) is 5.75 Å². The van der Waals surface area contributed by atoms with E-state index >= 15 is 0 Å². The molecule has 1 fully saturated rings. The van der Waals surface area contributed by atoms with Crippen LogP contribution in [0.25, 0.3) is 0 Å². The predicted molar refractivity (Wildman–Crippen MR) is 142 cm³/mol. The molecule has 5 nitrogen and oxygen atoms in total. The van der Waals surface area contributed by atoms with Crippen LogP contribution in [0.15, 0.2) is 108 Å². The highest BCUT2D eigenvalue weighted by Gasteiger charge is 2.41. The summed E-state index contributed by atoms with van der Waals surface area (Å²) in [4.78, 5) is 4.49. The Morgan fingerprint density at radius 1 is 0.750 bits per heavy atom. The van der Waals surface area contributed by atoms with E-state index in [2.05, 4.69) is 41.4 Å². The number of pyridine rings is 1. The molecule has 1 aliphatic heterocycles. The minimum Gasteiger partial charge on any atom is -0.392 e. The maximum Gasteiger partial charge on any atom is 0.184 e. The summed E-state index contributed by atoms with van der Waals surface area (Å²) >= 11 is 1.69. The van der Waals surface area contributed by atoms with Crippen molar-refractivity contribution in [2.24, 2.45) is 5.73 Å². The van der Waals surface area contributed by atoms with Gasteiger partial charge in [0, 0.05) is 30.0 Å². The fourth-order valence-electron chi connectivity index (χ4n) is 4.56. The summed E-state index contributed by atoms with van der Waals surface area (Å²) in [5, 5.41) is 10.5. The van der Waals surface area contributed by atoms with Gasteiger partial charge in [-0.3, -0.25) is 0 Å². The molecule has 0 amide bonds. The Labute approximate surface area is 216 Å². The van der Waals surface area contributed by atoms with Crippen molar-refractivity contribution in [1.82, 2.24) is 4.98 Å². The lowest BCUT2D eigenvalue weighted by atomic mass is 9.84. The number of aliphatic hydroxyl groups excluding tert-OH is 1. The second kappa shape index (κ2) is 11.8. The van der Waals surface area contributed by atoms with Gasteiger partial charge in [-0.1, -0.05) is 84.9 Å². The highest BCUT2D eigenvalue weighted by molar-refractivity contribution is 7.99. The van der Waals surface area contributed by atoms with Crippen LogP contribution in [-0.4, -0.2) is 21.9 Å². The van der Waals surface area contributed by atoms with E-state index in [1.807, 2.05) is 66.9 Å². The fourth-order valence-corrected chi connectivity index (χ4v) is 5.49. The summed E-state index contributed by atoms with van der Waals surface area (Å²) < 4.78 is 13.4. The van der Waals surface area contributed by atoms with Gasteiger partial charge < -0.3 is 20.3 Å². The van der Waals surface area contributed by atoms with Crippen LogP contribution in [0, 0.1) is 0 Å². The highest BCUT2D eigenvalue weighted by Crippen LogP contribution is 2.47. The van der Waals surface area contributed by atoms with E-state index in [9.17, 15) is 5.11 Å². The first-order chi connectivity index (χ1) is 17.7. The number of benzene rings is 3. The van der Waals surface area contributed by atoms with E-state index in [0.29, 0.717) is 6.54 Å². The SMILES string of the molecule is NCc1ccc(C2O[C@H](CSc3ccccn3)[C@@H](c3ccccc3)[C@H](c3ccc(CO)cc3)O2)cc1. The molecule has 4 aromatic rings. The molecule has 1 aliphatic rings. The third kappa shape index (κ3) is 5.69. The molecular weight excluding hydrogens is 468 g/mol. The number of rotatable bonds is 8. The first-order valence-electron chi connectivity index (χ1n) is 12.1. The number of hydrogen-bond donors (Lipinski definition) is 2. The molecule has 3 N–H and O–H groups in total. The largest absolute Gasteiger partial charge is 0.392 e. The van der Waals surface area contributed by atoms with E-state index in [-0.39, 0.29) is 24.7 Å². The van der Waals surface area contributed by atoms with Crippen molar-refractivity contribution in [3.63, 3.8) is 0 Å². The van der Waals surface area contributed by atoms with E-state index in [0.717, 1.165) is 38.6 Å². The summed E-state index contributed by atoms with van der Waals surface area (Å²) in [6.07, 6.45) is 0.931. The van der Waals surface area contributed by atoms with Crippen molar-refractivity contribution in [2.45, 2.75) is 42.6 Å². The number of nitrogens with two attached hydrogens (primary N) is 1. The van der Waals surface area contributed by atoms with E-state index in [1.165, 1.54) is 0 Å². The zero-order chi connectivity index (χ0) is 24.7. The quantitative estimate of drug-likeness (QED) is 0.301. The average Bonchev–Trinajstić information content (AvgIpc) is 2.96. The van der Waals surface area contributed by atoms with Crippen molar-refractivity contribution >= 4 is 11.8 Å². The zero-order valence-electron chi connectivity index (χ0n) is 19.9. The maximum absolute atomic E-state index is 9.55. The van der Waals surface area contributed by atoms with E-state index < -0.39 is 6.29 Å². The molecule has 36 heavy (non-hydrogen) atoms. The molecule has 4 atom stereocenters. The average molecular weight is 499 g/mol. The third-order valence-electron chi connectivity index (χ3n) is 6.49. The van der Waals surface area contributed by atoms with Crippen LogP contribution in [0.4, 0.5) is 0 Å². The Kier molecular flexibility index (Phi) is 8.11. The van der Waals surface area contributed by atoms with Gasteiger partial charge >= 0.3 is 0 Å². The molecule has 184 valence electrons. The second-order valence-electron chi connectivity index (χ2n) is 8.82. The predicted octanol–water partition coefficient (Wildman–Crippen LogP) is 5.76. The lowest BCUT2D eigenvalue weighted by Gasteiger charge is -2.43. The topological polar surface area (TPSA) is 77.6 Å². The van der Waals surface area contributed by atoms with Gasteiger partial charge in [-0.25, -0.2) is 4.98 Å². The molecule has 1 unspecified atom stereocenters. The van der Waals surface area contributed by atoms with Crippen LogP contribution in [0.1, 0.15) is 46.1 Å². The molecular formula is C30H30N2O3S. The maximum atomic E-state index is 9.55. The summed E-state index contributed by atoms with van der Waals surface area (Å²) in [6, 6.07) is 32.5. The van der Waals surface area contributed by atoms with Crippen LogP contribution in [0.5, 0.6) is 0 Å². The summed E-state index contributed by atoms with van der Waals surface area (Å²) in [6.45, 7) is 0.502. The van der Waals surface area contributed by atoms with Crippen LogP contribution in [0.3, 0.4) is 0 Å². The molecule has 0 aliphatic carbocycles. The minimum absolute atomic E-state index is 0.0104. The van der Waals surface area contributed by atoms with E-state index in [1.54, 1.807) is 11.8 Å². The van der Waals surface area contributed by atoms with Crippen molar-refractivity contribution < 1.29 is 14.6 Å². The number of nitrogens with zero attached hydrogens (tertiary/aromatic N) is 1. The van der Waals surface area contributed by atoms with Gasteiger partial charge in [0.15, 0.2) is 6.29 Å². The molecule has 0 bridgehead atoms. The van der Waals surface area contributed by atoms with E-state index in [4.69, 9.17) is 15.2 Å². The molecule has 3 aromatic carbocycles. The smallest absolute Gasteiger partial charge is 0.184 e. The molecule has 0 saturated carbocycles. The molecule has 5 rings (SSSR count). The van der Waals surface area contributed by atoms with Crippen LogP contribution < -0.4 is 5.73 Å². The molecule has 1 aromatic heterocycles. The van der Waals surface area contributed by atoms with Gasteiger partial charge in [0.05, 0.1) is 23.8 Å². The van der Waals surface area contributed by atoms with Gasteiger partial charge in [0.25, 0.3) is 0 Å². The van der Waals surface area contributed by atoms with Gasteiger partial charge in [-0.15, -0.1) is 11.8 Å². The number of ether oxygens (including phenoxy) is 2. The van der Waals surface area contributed by atoms with Crippen molar-refractivity contribution in [1.29, 1.82) is 0 Å². The van der Waals surface area contributed by atoms with Crippen LogP contribution in [0.2, 0.25) is 0 Å². The fraction of sp³-hybridized carbons (Fsp3) is 0.233. The Hall–Kier alpha value is -3.00. The van der Waals surface area contributed by atoms with Crippen molar-refractivity contribution in [3.8, 4) is 0 Å². The summed E-state index contributed by atoms with van der Waals surface area (Å²) in [5.74, 6) is 0.699. The third-order valence-corrected chi connectivity index (χ3v) is 7.52. The number of thioether (sulfide) groups is 1. The number of hydrogen-bond acceptors (Lipinski definition) is 6. The van der Waals surface area contributed by atoms with Crippen molar-refractivity contribution in [3.05, 3.63) is 131 Å². The number of aromatic nitrogens is 1. The minimum atomic E-state index is -0.520. The molecule has 6 heteroatoms. The lowest BCUT2D eigenvalue weighted by molar-refractivity contribution is -0.255. The molecule has 0 spiro atoms. The highest BCUT2D eigenvalue weighted by atomic mass is 32.2. The Bertz CT molecular complexity index is 1220. The van der Waals surface area contributed by atoms with Gasteiger partial charge in [0.1, 0.15) is 0 Å². The van der Waals surface area contributed by atoms with Gasteiger partial charge in [-0.2, -0.15) is 0 Å². The normalized spacial score (nSPS) is 21.8. The molecule has 2 heterocycles. The number of aliphatic hydroxyl groups is 1.